The molecule has 0 bridgehead atoms. The van der Waals surface area contributed by atoms with Gasteiger partial charge in [-0.25, -0.2) is 4.79 Å². The minimum atomic E-state index is -0.546. The second kappa shape index (κ2) is 7.00. The van der Waals surface area contributed by atoms with E-state index in [1.807, 2.05) is 24.3 Å². The fourth-order valence-electron chi connectivity index (χ4n) is 3.94. The number of hydrogen-bond acceptors (Lipinski definition) is 5. The summed E-state index contributed by atoms with van der Waals surface area (Å²) in [5.41, 5.74) is 1.96. The number of fused-ring (bicyclic) bond motifs is 3. The third-order valence-corrected chi connectivity index (χ3v) is 5.57. The number of rotatable bonds is 3. The molecule has 0 fully saturated rings. The number of hydrogen-bond donors (Lipinski definition) is 0. The lowest BCUT2D eigenvalue weighted by Crippen LogP contribution is -2.15. The molecule has 2 heterocycles. The molecule has 6 nitrogen and oxygen atoms in total. The van der Waals surface area contributed by atoms with Crippen LogP contribution in [0, 0.1) is 10.1 Å². The Hall–Kier alpha value is -3.64. The van der Waals surface area contributed by atoms with Crippen LogP contribution in [0.25, 0.3) is 11.0 Å². The van der Waals surface area contributed by atoms with E-state index in [9.17, 15) is 14.9 Å². The normalized spacial score (nSPS) is 17.5. The van der Waals surface area contributed by atoms with Gasteiger partial charge in [-0.05, 0) is 47.5 Å². The summed E-state index contributed by atoms with van der Waals surface area (Å²) in [7, 11) is 0. The second-order valence-corrected chi connectivity index (χ2v) is 7.48. The van der Waals surface area contributed by atoms with Gasteiger partial charge < -0.3 is 9.15 Å². The molecule has 7 heteroatoms. The molecule has 2 atom stereocenters. The summed E-state index contributed by atoms with van der Waals surface area (Å²) in [5, 5.41) is 12.3. The molecular formula is C23H14ClNO5. The van der Waals surface area contributed by atoms with Gasteiger partial charge in [0.25, 0.3) is 5.69 Å². The van der Waals surface area contributed by atoms with Gasteiger partial charge in [0.15, 0.2) is 0 Å². The van der Waals surface area contributed by atoms with E-state index in [0.29, 0.717) is 27.3 Å². The lowest BCUT2D eigenvalue weighted by atomic mass is 9.85. The third-order valence-electron chi connectivity index (χ3n) is 5.32. The Morgan fingerprint density at radius 2 is 1.57 bits per heavy atom. The molecule has 0 spiro atoms. The van der Waals surface area contributed by atoms with Crippen LogP contribution >= 0.6 is 11.6 Å². The number of nitro benzene ring substituents is 1. The second-order valence-electron chi connectivity index (χ2n) is 7.04. The van der Waals surface area contributed by atoms with Crippen LogP contribution < -0.4 is 10.4 Å². The maximum absolute atomic E-state index is 12.9. The van der Waals surface area contributed by atoms with Gasteiger partial charge in [0.2, 0.25) is 0 Å². The Labute approximate surface area is 175 Å². The van der Waals surface area contributed by atoms with Crippen LogP contribution in [0.2, 0.25) is 5.02 Å². The zero-order valence-corrected chi connectivity index (χ0v) is 16.2. The highest BCUT2D eigenvalue weighted by atomic mass is 35.5. The molecular weight excluding hydrogens is 406 g/mol. The highest BCUT2D eigenvalue weighted by molar-refractivity contribution is 6.30. The van der Waals surface area contributed by atoms with Gasteiger partial charge in [-0.1, -0.05) is 35.9 Å². The summed E-state index contributed by atoms with van der Waals surface area (Å²) in [6.45, 7) is 0. The quantitative estimate of drug-likeness (QED) is 0.244. The molecule has 148 valence electrons. The standard InChI is InChI=1S/C23H14ClNO5/c24-15-9-5-13(6-10-15)19-20-22(17-3-1-2-4-18(17)29-23(20)26)30-21(19)14-7-11-16(12-8-14)25(27)28/h1-12,19,21H/t19-,21+/m0/s1. The average molecular weight is 420 g/mol. The fraction of sp³-hybridized carbons (Fsp3) is 0.0870. The van der Waals surface area contributed by atoms with E-state index in [-0.39, 0.29) is 5.69 Å². The maximum Gasteiger partial charge on any atom is 0.344 e. The van der Waals surface area contributed by atoms with Crippen molar-refractivity contribution in [2.24, 2.45) is 0 Å². The smallest absolute Gasteiger partial charge is 0.344 e. The summed E-state index contributed by atoms with van der Waals surface area (Å²) in [6.07, 6.45) is -0.546. The van der Waals surface area contributed by atoms with Crippen molar-refractivity contribution in [2.75, 3.05) is 0 Å². The summed E-state index contributed by atoms with van der Waals surface area (Å²) in [6, 6.07) is 20.6. The van der Waals surface area contributed by atoms with Gasteiger partial charge in [-0.15, -0.1) is 0 Å². The molecule has 0 N–H and O–H groups in total. The molecule has 0 unspecified atom stereocenters. The Bertz CT molecular complexity index is 1330. The lowest BCUT2D eigenvalue weighted by Gasteiger charge is -2.19. The van der Waals surface area contributed by atoms with Gasteiger partial charge >= 0.3 is 5.63 Å². The summed E-state index contributed by atoms with van der Waals surface area (Å²) < 4.78 is 11.9. The number of ether oxygens (including phenoxy) is 1. The highest BCUT2D eigenvalue weighted by Crippen LogP contribution is 2.50. The molecule has 0 radical (unpaired) electrons. The van der Waals surface area contributed by atoms with Crippen LogP contribution in [0.4, 0.5) is 5.69 Å². The van der Waals surface area contributed by atoms with E-state index in [2.05, 4.69) is 0 Å². The number of benzene rings is 3. The largest absolute Gasteiger partial charge is 0.483 e. The van der Waals surface area contributed by atoms with Crippen LogP contribution in [-0.4, -0.2) is 4.92 Å². The SMILES string of the molecule is O=c1oc2ccccc2c2c1[C@H](c1ccc(Cl)cc1)[C@@H](c1ccc([N+](=O)[O-])cc1)O2. The molecule has 0 amide bonds. The van der Waals surface area contributed by atoms with Gasteiger partial charge in [-0.3, -0.25) is 10.1 Å². The van der Waals surface area contributed by atoms with E-state index in [0.717, 1.165) is 11.1 Å². The first-order valence-corrected chi connectivity index (χ1v) is 9.63. The number of nitrogens with zero attached hydrogens (tertiary/aromatic N) is 1. The molecule has 30 heavy (non-hydrogen) atoms. The molecule has 0 aliphatic carbocycles. The van der Waals surface area contributed by atoms with E-state index in [1.165, 1.54) is 12.1 Å². The van der Waals surface area contributed by atoms with Crippen LogP contribution in [-0.2, 0) is 0 Å². The lowest BCUT2D eigenvalue weighted by molar-refractivity contribution is -0.384. The van der Waals surface area contributed by atoms with E-state index < -0.39 is 22.6 Å². The van der Waals surface area contributed by atoms with Crippen molar-refractivity contribution >= 4 is 28.3 Å². The summed E-state index contributed by atoms with van der Waals surface area (Å²) in [4.78, 5) is 23.5. The Morgan fingerprint density at radius 1 is 0.900 bits per heavy atom. The van der Waals surface area contributed by atoms with Crippen molar-refractivity contribution in [3.05, 3.63) is 115 Å². The van der Waals surface area contributed by atoms with E-state index in [4.69, 9.17) is 20.8 Å². The zero-order valence-electron chi connectivity index (χ0n) is 15.4. The van der Waals surface area contributed by atoms with E-state index >= 15 is 0 Å². The van der Waals surface area contributed by atoms with Crippen molar-refractivity contribution in [3.63, 3.8) is 0 Å². The first-order chi connectivity index (χ1) is 14.5. The molecule has 1 aromatic heterocycles. The Kier molecular flexibility index (Phi) is 4.29. The van der Waals surface area contributed by atoms with Gasteiger partial charge in [-0.2, -0.15) is 0 Å². The minimum Gasteiger partial charge on any atom is -0.483 e. The number of para-hydroxylation sites is 1. The average Bonchev–Trinajstić information content (AvgIpc) is 3.16. The Balaban J connectivity index is 1.72. The monoisotopic (exact) mass is 419 g/mol. The van der Waals surface area contributed by atoms with Gasteiger partial charge in [0.05, 0.1) is 21.8 Å². The topological polar surface area (TPSA) is 82.6 Å². The third kappa shape index (κ3) is 2.93. The van der Waals surface area contributed by atoms with Gasteiger partial charge in [0.1, 0.15) is 17.4 Å². The zero-order chi connectivity index (χ0) is 20.8. The molecule has 0 saturated heterocycles. The first-order valence-electron chi connectivity index (χ1n) is 9.25. The van der Waals surface area contributed by atoms with E-state index in [1.54, 1.807) is 36.4 Å². The highest BCUT2D eigenvalue weighted by Gasteiger charge is 2.41. The number of halogens is 1. The molecule has 0 saturated carbocycles. The van der Waals surface area contributed by atoms with Crippen LogP contribution in [0.15, 0.2) is 82.0 Å². The van der Waals surface area contributed by atoms with Gasteiger partial charge in [0, 0.05) is 17.2 Å². The first kappa shape index (κ1) is 18.4. The van der Waals surface area contributed by atoms with Crippen LogP contribution in [0.1, 0.15) is 28.7 Å². The molecule has 3 aromatic carbocycles. The fourth-order valence-corrected chi connectivity index (χ4v) is 4.06. The number of non-ortho nitro benzene ring substituents is 1. The van der Waals surface area contributed by atoms with Crippen molar-refractivity contribution < 1.29 is 14.1 Å². The van der Waals surface area contributed by atoms with Crippen LogP contribution in [0.3, 0.4) is 0 Å². The predicted molar refractivity (Wildman–Crippen MR) is 112 cm³/mol. The van der Waals surface area contributed by atoms with Crippen molar-refractivity contribution in [3.8, 4) is 5.75 Å². The van der Waals surface area contributed by atoms with Crippen molar-refractivity contribution in [2.45, 2.75) is 12.0 Å². The summed E-state index contributed by atoms with van der Waals surface area (Å²) >= 11 is 6.05. The molecule has 5 rings (SSSR count). The molecule has 1 aliphatic rings. The number of nitro groups is 1. The van der Waals surface area contributed by atoms with Crippen molar-refractivity contribution in [1.29, 1.82) is 0 Å². The maximum atomic E-state index is 12.9. The van der Waals surface area contributed by atoms with Crippen LogP contribution in [0.5, 0.6) is 5.75 Å². The molecule has 4 aromatic rings. The Morgan fingerprint density at radius 3 is 2.27 bits per heavy atom. The molecule has 1 aliphatic heterocycles. The van der Waals surface area contributed by atoms with Crippen molar-refractivity contribution in [1.82, 2.24) is 0 Å². The summed E-state index contributed by atoms with van der Waals surface area (Å²) in [5.74, 6) is 0.0322. The minimum absolute atomic E-state index is 0.0118. The predicted octanol–water partition coefficient (Wildman–Crippen LogP) is 5.62.